The largest absolute Gasteiger partial charge is 0.378 e. The van der Waals surface area contributed by atoms with Crippen molar-refractivity contribution in [3.8, 4) is 0 Å². The summed E-state index contributed by atoms with van der Waals surface area (Å²) in [4.78, 5) is 14.0. The summed E-state index contributed by atoms with van der Waals surface area (Å²) in [5.41, 5.74) is 0. The third kappa shape index (κ3) is 4.14. The van der Waals surface area contributed by atoms with E-state index in [-0.39, 0.29) is 5.91 Å². The topological polar surface area (TPSA) is 29.5 Å². The van der Waals surface area contributed by atoms with E-state index < -0.39 is 0 Å². The van der Waals surface area contributed by atoms with Gasteiger partial charge in [0, 0.05) is 31.5 Å². The number of alkyl halides is 1. The SMILES string of the molecule is O=C(CCC1CCCCO1)N(CCCl)C1CC1. The molecule has 0 N–H and O–H groups in total. The lowest BCUT2D eigenvalue weighted by atomic mass is 10.0. The highest BCUT2D eigenvalue weighted by molar-refractivity contribution is 6.18. The predicted molar refractivity (Wildman–Crippen MR) is 68.3 cm³/mol. The molecule has 0 aromatic heterocycles. The van der Waals surface area contributed by atoms with Crippen molar-refractivity contribution in [2.75, 3.05) is 19.0 Å². The molecule has 0 aromatic carbocycles. The Balaban J connectivity index is 1.70. The van der Waals surface area contributed by atoms with Crippen LogP contribution in [0.25, 0.3) is 0 Å². The van der Waals surface area contributed by atoms with Crippen LogP contribution in [0, 0.1) is 0 Å². The van der Waals surface area contributed by atoms with Gasteiger partial charge in [-0.2, -0.15) is 0 Å². The maximum absolute atomic E-state index is 12.1. The summed E-state index contributed by atoms with van der Waals surface area (Å²) in [6, 6.07) is 0.480. The third-order valence-corrected chi connectivity index (χ3v) is 3.76. The first kappa shape index (κ1) is 13.2. The van der Waals surface area contributed by atoms with Gasteiger partial charge in [-0.3, -0.25) is 4.79 Å². The van der Waals surface area contributed by atoms with Crippen LogP contribution in [0.4, 0.5) is 0 Å². The molecule has 0 spiro atoms. The predicted octanol–water partition coefficient (Wildman–Crippen LogP) is 2.57. The molecule has 98 valence electrons. The van der Waals surface area contributed by atoms with E-state index in [4.69, 9.17) is 16.3 Å². The first-order valence-corrected chi connectivity index (χ1v) is 7.31. The van der Waals surface area contributed by atoms with Crippen molar-refractivity contribution < 1.29 is 9.53 Å². The number of hydrogen-bond donors (Lipinski definition) is 0. The smallest absolute Gasteiger partial charge is 0.222 e. The Bertz CT molecular complexity index is 250. The molecule has 1 unspecified atom stereocenters. The van der Waals surface area contributed by atoms with Crippen molar-refractivity contribution in [2.45, 2.75) is 57.1 Å². The number of hydrogen-bond acceptors (Lipinski definition) is 2. The lowest BCUT2D eigenvalue weighted by molar-refractivity contribution is -0.132. The van der Waals surface area contributed by atoms with Crippen molar-refractivity contribution in [3.63, 3.8) is 0 Å². The Labute approximate surface area is 108 Å². The van der Waals surface area contributed by atoms with Crippen molar-refractivity contribution >= 4 is 17.5 Å². The number of carbonyl (C=O) groups is 1. The molecular weight excluding hydrogens is 238 g/mol. The van der Waals surface area contributed by atoms with Gasteiger partial charge in [-0.25, -0.2) is 0 Å². The van der Waals surface area contributed by atoms with Crippen LogP contribution < -0.4 is 0 Å². The van der Waals surface area contributed by atoms with E-state index in [2.05, 4.69) is 0 Å². The van der Waals surface area contributed by atoms with Crippen LogP contribution >= 0.6 is 11.6 Å². The number of carbonyl (C=O) groups excluding carboxylic acids is 1. The molecule has 2 fully saturated rings. The van der Waals surface area contributed by atoms with Gasteiger partial charge in [-0.1, -0.05) is 0 Å². The normalized spacial score (nSPS) is 24.6. The van der Waals surface area contributed by atoms with Crippen LogP contribution in [0.1, 0.15) is 44.9 Å². The molecule has 1 aliphatic heterocycles. The zero-order valence-corrected chi connectivity index (χ0v) is 11.1. The zero-order valence-electron chi connectivity index (χ0n) is 10.4. The fourth-order valence-corrected chi connectivity index (χ4v) is 2.63. The van der Waals surface area contributed by atoms with Gasteiger partial charge >= 0.3 is 0 Å². The minimum absolute atomic E-state index is 0.266. The van der Waals surface area contributed by atoms with E-state index in [1.54, 1.807) is 0 Å². The second-order valence-corrected chi connectivity index (χ2v) is 5.41. The van der Waals surface area contributed by atoms with E-state index in [9.17, 15) is 4.79 Å². The molecular formula is C13H22ClNO2. The molecule has 4 heteroatoms. The molecule has 3 nitrogen and oxygen atoms in total. The maximum atomic E-state index is 12.1. The van der Waals surface area contributed by atoms with Crippen molar-refractivity contribution in [1.29, 1.82) is 0 Å². The van der Waals surface area contributed by atoms with Crippen LogP contribution in [0.5, 0.6) is 0 Å². The fourth-order valence-electron chi connectivity index (χ4n) is 2.45. The summed E-state index contributed by atoms with van der Waals surface area (Å²) < 4.78 is 5.65. The van der Waals surface area contributed by atoms with Gasteiger partial charge in [-0.05, 0) is 38.5 Å². The molecule has 1 aliphatic carbocycles. The van der Waals surface area contributed by atoms with Gasteiger partial charge in [0.1, 0.15) is 0 Å². The lowest BCUT2D eigenvalue weighted by Crippen LogP contribution is -2.35. The van der Waals surface area contributed by atoms with Gasteiger partial charge in [0.05, 0.1) is 6.10 Å². The first-order valence-electron chi connectivity index (χ1n) is 6.78. The molecule has 17 heavy (non-hydrogen) atoms. The average Bonchev–Trinajstić information content (AvgIpc) is 3.18. The Morgan fingerprint density at radius 1 is 1.29 bits per heavy atom. The molecule has 0 bridgehead atoms. The van der Waals surface area contributed by atoms with Crippen LogP contribution in [0.3, 0.4) is 0 Å². The highest BCUT2D eigenvalue weighted by atomic mass is 35.5. The molecule has 2 aliphatic rings. The first-order chi connectivity index (χ1) is 8.31. The monoisotopic (exact) mass is 259 g/mol. The van der Waals surface area contributed by atoms with E-state index >= 15 is 0 Å². The molecule has 1 saturated heterocycles. The Hall–Kier alpha value is -0.280. The minimum atomic E-state index is 0.266. The molecule has 1 atom stereocenters. The van der Waals surface area contributed by atoms with Crippen LogP contribution in [-0.2, 0) is 9.53 Å². The van der Waals surface area contributed by atoms with E-state index in [0.717, 1.165) is 32.3 Å². The second-order valence-electron chi connectivity index (χ2n) is 5.03. The Morgan fingerprint density at radius 2 is 2.12 bits per heavy atom. The second kappa shape index (κ2) is 6.60. The summed E-state index contributed by atoms with van der Waals surface area (Å²) in [5, 5.41) is 0. The molecule has 1 heterocycles. The van der Waals surface area contributed by atoms with Gasteiger partial charge in [-0.15, -0.1) is 11.6 Å². The van der Waals surface area contributed by atoms with E-state index in [1.807, 2.05) is 4.90 Å². The van der Waals surface area contributed by atoms with Gasteiger partial charge in [0.15, 0.2) is 0 Å². The molecule has 2 rings (SSSR count). The molecule has 0 aromatic rings. The maximum Gasteiger partial charge on any atom is 0.222 e. The van der Waals surface area contributed by atoms with Crippen molar-refractivity contribution in [3.05, 3.63) is 0 Å². The number of amides is 1. The Kier molecular flexibility index (Phi) is 5.11. The number of halogens is 1. The quantitative estimate of drug-likeness (QED) is 0.686. The molecule has 1 amide bonds. The molecule has 1 saturated carbocycles. The highest BCUT2D eigenvalue weighted by Crippen LogP contribution is 2.28. The van der Waals surface area contributed by atoms with Crippen LogP contribution in [-0.4, -0.2) is 42.0 Å². The van der Waals surface area contributed by atoms with Crippen LogP contribution in [0.2, 0.25) is 0 Å². The highest BCUT2D eigenvalue weighted by Gasteiger charge is 2.32. The Morgan fingerprint density at radius 3 is 2.71 bits per heavy atom. The standard InChI is InChI=1S/C13H22ClNO2/c14-8-9-15(11-4-5-11)13(16)7-6-12-3-1-2-10-17-12/h11-12H,1-10H2. The number of nitrogens with zero attached hydrogens (tertiary/aromatic N) is 1. The summed E-state index contributed by atoms with van der Waals surface area (Å²) in [7, 11) is 0. The zero-order chi connectivity index (χ0) is 12.1. The lowest BCUT2D eigenvalue weighted by Gasteiger charge is -2.25. The van der Waals surface area contributed by atoms with Crippen molar-refractivity contribution in [1.82, 2.24) is 4.90 Å². The van der Waals surface area contributed by atoms with Gasteiger partial charge < -0.3 is 9.64 Å². The molecule has 0 radical (unpaired) electrons. The van der Waals surface area contributed by atoms with E-state index in [0.29, 0.717) is 31.0 Å². The fraction of sp³-hybridized carbons (Fsp3) is 0.923. The van der Waals surface area contributed by atoms with Gasteiger partial charge in [0.25, 0.3) is 0 Å². The van der Waals surface area contributed by atoms with Crippen molar-refractivity contribution in [2.24, 2.45) is 0 Å². The van der Waals surface area contributed by atoms with Gasteiger partial charge in [0.2, 0.25) is 5.91 Å². The summed E-state index contributed by atoms with van der Waals surface area (Å²) in [6.45, 7) is 1.57. The number of rotatable bonds is 6. The number of ether oxygens (including phenoxy) is 1. The third-order valence-electron chi connectivity index (χ3n) is 3.59. The van der Waals surface area contributed by atoms with E-state index in [1.165, 1.54) is 12.8 Å². The minimum Gasteiger partial charge on any atom is -0.378 e. The summed E-state index contributed by atoms with van der Waals surface area (Å²) >= 11 is 5.74. The van der Waals surface area contributed by atoms with Crippen LogP contribution in [0.15, 0.2) is 0 Å². The summed E-state index contributed by atoms with van der Waals surface area (Å²) in [5.74, 6) is 0.810. The average molecular weight is 260 g/mol. The summed E-state index contributed by atoms with van der Waals surface area (Å²) in [6.07, 6.45) is 7.65.